The summed E-state index contributed by atoms with van der Waals surface area (Å²) in [6.45, 7) is 9.66. The van der Waals surface area contributed by atoms with Crippen LogP contribution in [-0.4, -0.2) is 12.6 Å². The first-order chi connectivity index (χ1) is 11.1. The van der Waals surface area contributed by atoms with Gasteiger partial charge in [0.15, 0.2) is 0 Å². The van der Waals surface area contributed by atoms with Crippen LogP contribution in [0.4, 0.5) is 0 Å². The van der Waals surface area contributed by atoms with Crippen molar-refractivity contribution in [3.05, 3.63) is 0 Å². The largest absolute Gasteiger partial charge is 0.465 e. The smallest absolute Gasteiger partial charge is 0.305 e. The average Bonchev–Trinajstić information content (AvgIpc) is 2.51. The van der Waals surface area contributed by atoms with Crippen LogP contribution < -0.4 is 0 Å². The molecule has 0 aromatic heterocycles. The van der Waals surface area contributed by atoms with E-state index in [2.05, 4.69) is 27.7 Å². The van der Waals surface area contributed by atoms with Gasteiger partial charge in [0.25, 0.3) is 0 Å². The number of ether oxygens (including phenoxy) is 1. The Morgan fingerprint density at radius 3 is 2.09 bits per heavy atom. The first kappa shape index (κ1) is 22.5. The van der Waals surface area contributed by atoms with Crippen LogP contribution in [0.2, 0.25) is 0 Å². The molecular formula is C21H42O2. The monoisotopic (exact) mass is 326 g/mol. The summed E-state index contributed by atoms with van der Waals surface area (Å²) in [4.78, 5) is 11.8. The SMILES string of the molecule is CCCCCC(CCC)COC(=O)CCCCCCCC(C)C. The Bertz CT molecular complexity index is 261. The van der Waals surface area contributed by atoms with Crippen LogP contribution in [0.25, 0.3) is 0 Å². The number of hydrogen-bond acceptors (Lipinski definition) is 2. The summed E-state index contributed by atoms with van der Waals surface area (Å²) in [5.41, 5.74) is 0. The highest BCUT2D eigenvalue weighted by Crippen LogP contribution is 2.17. The molecule has 0 saturated heterocycles. The molecule has 0 aromatic carbocycles. The molecule has 1 unspecified atom stereocenters. The zero-order valence-corrected chi connectivity index (χ0v) is 16.4. The maximum atomic E-state index is 11.8. The summed E-state index contributed by atoms with van der Waals surface area (Å²) in [6.07, 6.45) is 15.4. The summed E-state index contributed by atoms with van der Waals surface area (Å²) in [6, 6.07) is 0. The molecule has 0 N–H and O–H groups in total. The minimum atomic E-state index is 0.0174. The van der Waals surface area contributed by atoms with E-state index < -0.39 is 0 Å². The second-order valence-electron chi connectivity index (χ2n) is 7.53. The van der Waals surface area contributed by atoms with E-state index >= 15 is 0 Å². The molecule has 138 valence electrons. The fraction of sp³-hybridized carbons (Fsp3) is 0.952. The molecule has 2 heteroatoms. The quantitative estimate of drug-likeness (QED) is 0.227. The summed E-state index contributed by atoms with van der Waals surface area (Å²) in [5, 5.41) is 0. The molecule has 0 bridgehead atoms. The summed E-state index contributed by atoms with van der Waals surface area (Å²) < 4.78 is 5.51. The molecule has 1 atom stereocenters. The maximum absolute atomic E-state index is 11.8. The number of rotatable bonds is 16. The Morgan fingerprint density at radius 2 is 1.43 bits per heavy atom. The zero-order chi connectivity index (χ0) is 17.3. The zero-order valence-electron chi connectivity index (χ0n) is 16.4. The fourth-order valence-electron chi connectivity index (χ4n) is 3.04. The van der Waals surface area contributed by atoms with E-state index in [0.29, 0.717) is 18.9 Å². The lowest BCUT2D eigenvalue weighted by Crippen LogP contribution is -2.14. The highest BCUT2D eigenvalue weighted by atomic mass is 16.5. The molecular weight excluding hydrogens is 284 g/mol. The van der Waals surface area contributed by atoms with Crippen molar-refractivity contribution in [2.45, 2.75) is 111 Å². The highest BCUT2D eigenvalue weighted by Gasteiger charge is 2.11. The van der Waals surface area contributed by atoms with Crippen molar-refractivity contribution in [2.75, 3.05) is 6.61 Å². The maximum Gasteiger partial charge on any atom is 0.305 e. The molecule has 0 aromatic rings. The number of carbonyl (C=O) groups excluding carboxylic acids is 1. The third-order valence-corrected chi connectivity index (χ3v) is 4.56. The van der Waals surface area contributed by atoms with Gasteiger partial charge < -0.3 is 4.74 Å². The van der Waals surface area contributed by atoms with Crippen LogP contribution in [0, 0.1) is 11.8 Å². The van der Waals surface area contributed by atoms with Crippen LogP contribution >= 0.6 is 0 Å². The minimum absolute atomic E-state index is 0.0174. The van der Waals surface area contributed by atoms with Crippen molar-refractivity contribution < 1.29 is 9.53 Å². The van der Waals surface area contributed by atoms with E-state index in [4.69, 9.17) is 4.74 Å². The van der Waals surface area contributed by atoms with Gasteiger partial charge in [-0.2, -0.15) is 0 Å². The van der Waals surface area contributed by atoms with Crippen molar-refractivity contribution in [1.82, 2.24) is 0 Å². The summed E-state index contributed by atoms with van der Waals surface area (Å²) >= 11 is 0. The van der Waals surface area contributed by atoms with Crippen molar-refractivity contribution in [3.8, 4) is 0 Å². The lowest BCUT2D eigenvalue weighted by molar-refractivity contribution is -0.145. The van der Waals surface area contributed by atoms with Gasteiger partial charge in [0, 0.05) is 6.42 Å². The molecule has 0 radical (unpaired) electrons. The third kappa shape index (κ3) is 16.1. The molecule has 23 heavy (non-hydrogen) atoms. The summed E-state index contributed by atoms with van der Waals surface area (Å²) in [5.74, 6) is 1.41. The molecule has 0 fully saturated rings. The van der Waals surface area contributed by atoms with Crippen LogP contribution in [0.15, 0.2) is 0 Å². The summed E-state index contributed by atoms with van der Waals surface area (Å²) in [7, 11) is 0. The molecule has 0 amide bonds. The van der Waals surface area contributed by atoms with Gasteiger partial charge in [-0.05, 0) is 31.1 Å². The lowest BCUT2D eigenvalue weighted by atomic mass is 9.97. The molecule has 0 aliphatic rings. The molecule has 0 aliphatic heterocycles. The third-order valence-electron chi connectivity index (χ3n) is 4.56. The molecule has 2 nitrogen and oxygen atoms in total. The van der Waals surface area contributed by atoms with Crippen LogP contribution in [0.1, 0.15) is 111 Å². The van der Waals surface area contributed by atoms with E-state index in [1.807, 2.05) is 0 Å². The Labute approximate surface area is 145 Å². The Morgan fingerprint density at radius 1 is 0.783 bits per heavy atom. The van der Waals surface area contributed by atoms with E-state index in [1.54, 1.807) is 0 Å². The minimum Gasteiger partial charge on any atom is -0.465 e. The van der Waals surface area contributed by atoms with Crippen LogP contribution in [-0.2, 0) is 9.53 Å². The molecule has 0 saturated carbocycles. The molecule has 0 heterocycles. The van der Waals surface area contributed by atoms with Crippen molar-refractivity contribution in [3.63, 3.8) is 0 Å². The van der Waals surface area contributed by atoms with E-state index in [0.717, 1.165) is 12.3 Å². The van der Waals surface area contributed by atoms with Gasteiger partial charge in [0.2, 0.25) is 0 Å². The van der Waals surface area contributed by atoms with Crippen LogP contribution in [0.3, 0.4) is 0 Å². The average molecular weight is 327 g/mol. The number of unbranched alkanes of at least 4 members (excludes halogenated alkanes) is 6. The van der Waals surface area contributed by atoms with Crippen molar-refractivity contribution in [1.29, 1.82) is 0 Å². The lowest BCUT2D eigenvalue weighted by Gasteiger charge is -2.16. The Kier molecular flexibility index (Phi) is 16.0. The number of esters is 1. The topological polar surface area (TPSA) is 26.3 Å². The van der Waals surface area contributed by atoms with Gasteiger partial charge in [-0.1, -0.05) is 85.5 Å². The van der Waals surface area contributed by atoms with Crippen molar-refractivity contribution >= 4 is 5.97 Å². The van der Waals surface area contributed by atoms with Gasteiger partial charge in [0.05, 0.1) is 6.61 Å². The molecule has 0 aliphatic carbocycles. The second kappa shape index (κ2) is 16.3. The molecule has 0 spiro atoms. The predicted octanol–water partition coefficient (Wildman–Crippen LogP) is 6.91. The second-order valence-corrected chi connectivity index (χ2v) is 7.53. The number of carbonyl (C=O) groups is 1. The van der Waals surface area contributed by atoms with Gasteiger partial charge in [-0.25, -0.2) is 0 Å². The Balaban J connectivity index is 3.58. The Hall–Kier alpha value is -0.530. The highest BCUT2D eigenvalue weighted by molar-refractivity contribution is 5.69. The van der Waals surface area contributed by atoms with Gasteiger partial charge >= 0.3 is 5.97 Å². The van der Waals surface area contributed by atoms with E-state index in [-0.39, 0.29) is 5.97 Å². The normalized spacial score (nSPS) is 12.6. The van der Waals surface area contributed by atoms with Gasteiger partial charge in [-0.15, -0.1) is 0 Å². The first-order valence-corrected chi connectivity index (χ1v) is 10.3. The fourth-order valence-corrected chi connectivity index (χ4v) is 3.04. The number of hydrogen-bond donors (Lipinski definition) is 0. The van der Waals surface area contributed by atoms with E-state index in [1.165, 1.54) is 70.6 Å². The van der Waals surface area contributed by atoms with E-state index in [9.17, 15) is 4.79 Å². The van der Waals surface area contributed by atoms with Gasteiger partial charge in [-0.3, -0.25) is 4.79 Å². The van der Waals surface area contributed by atoms with Gasteiger partial charge in [0.1, 0.15) is 0 Å². The predicted molar refractivity (Wildman–Crippen MR) is 101 cm³/mol. The molecule has 0 rings (SSSR count). The van der Waals surface area contributed by atoms with Crippen molar-refractivity contribution in [2.24, 2.45) is 11.8 Å². The first-order valence-electron chi connectivity index (χ1n) is 10.3. The standard InChI is InChI=1S/C21H42O2/c1-5-7-11-16-20(14-6-2)18-23-21(22)17-13-10-8-9-12-15-19(3)4/h19-20H,5-18H2,1-4H3. The van der Waals surface area contributed by atoms with Crippen LogP contribution in [0.5, 0.6) is 0 Å².